The van der Waals surface area contributed by atoms with Crippen LogP contribution >= 0.6 is 0 Å². The molecule has 0 saturated heterocycles. The van der Waals surface area contributed by atoms with Crippen LogP contribution in [0.4, 0.5) is 11.4 Å². The van der Waals surface area contributed by atoms with Gasteiger partial charge in [0.1, 0.15) is 12.3 Å². The van der Waals surface area contributed by atoms with Gasteiger partial charge < -0.3 is 10.0 Å². The molecule has 4 heteroatoms. The van der Waals surface area contributed by atoms with Gasteiger partial charge in [0.25, 0.3) is 0 Å². The predicted molar refractivity (Wildman–Crippen MR) is 212 cm³/mol. The number of nitrogens with zero attached hydrogens (tertiary/aromatic N) is 2. The Balaban J connectivity index is 1.44. The maximum absolute atomic E-state index is 14.0. The van der Waals surface area contributed by atoms with Gasteiger partial charge in [-0.1, -0.05) is 130 Å². The van der Waals surface area contributed by atoms with Crippen molar-refractivity contribution in [1.82, 2.24) is 0 Å². The average Bonchev–Trinajstić information content (AvgIpc) is 3.41. The first-order valence-electron chi connectivity index (χ1n) is 19.7. The highest BCUT2D eigenvalue weighted by Crippen LogP contribution is 2.49. The topological polar surface area (TPSA) is 43.5 Å². The zero-order valence-electron chi connectivity index (χ0n) is 32.9. The Morgan fingerprint density at radius 1 is 0.720 bits per heavy atom. The van der Waals surface area contributed by atoms with Crippen LogP contribution in [0.2, 0.25) is 0 Å². The maximum atomic E-state index is 14.0. The largest absolute Gasteiger partial charge is 0.506 e. The number of ketones is 1. The van der Waals surface area contributed by atoms with Gasteiger partial charge in [-0.15, -0.1) is 0 Å². The van der Waals surface area contributed by atoms with Crippen molar-refractivity contribution in [2.45, 2.75) is 131 Å². The van der Waals surface area contributed by atoms with Gasteiger partial charge in [-0.2, -0.15) is 4.58 Å². The molecule has 0 radical (unpaired) electrons. The molecule has 2 aromatic rings. The second kappa shape index (κ2) is 15.5. The third kappa shape index (κ3) is 7.75. The summed E-state index contributed by atoms with van der Waals surface area (Å²) in [5.74, 6) is 2.79. The average molecular weight is 678 g/mol. The smallest absolute Gasteiger partial charge is 0.209 e. The number of carbonyl (C=O) groups excluding carboxylic acids is 1. The molecule has 0 amide bonds. The van der Waals surface area contributed by atoms with E-state index in [0.717, 1.165) is 49.2 Å². The Morgan fingerprint density at radius 2 is 1.30 bits per heavy atom. The van der Waals surface area contributed by atoms with Crippen molar-refractivity contribution >= 4 is 22.9 Å². The molecule has 2 aliphatic heterocycles. The molecule has 2 heterocycles. The number of hydrogen-bond donors (Lipinski definition) is 1. The number of aliphatic hydroxyl groups excluding tert-OH is 1. The van der Waals surface area contributed by atoms with Crippen LogP contribution in [-0.2, 0) is 15.6 Å². The molecule has 0 aromatic heterocycles. The Bertz CT molecular complexity index is 1680. The van der Waals surface area contributed by atoms with Crippen LogP contribution in [0.15, 0.2) is 83.3 Å². The quantitative estimate of drug-likeness (QED) is 0.142. The van der Waals surface area contributed by atoms with Crippen molar-refractivity contribution in [3.8, 4) is 0 Å². The minimum Gasteiger partial charge on any atom is -0.506 e. The van der Waals surface area contributed by atoms with Crippen molar-refractivity contribution in [3.05, 3.63) is 94.4 Å². The summed E-state index contributed by atoms with van der Waals surface area (Å²) in [5, 5.41) is 11.6. The van der Waals surface area contributed by atoms with E-state index in [2.05, 4.69) is 127 Å². The summed E-state index contributed by atoms with van der Waals surface area (Å²) in [4.78, 5) is 16.4. The summed E-state index contributed by atoms with van der Waals surface area (Å²) in [7, 11) is 0. The van der Waals surface area contributed by atoms with E-state index < -0.39 is 0 Å². The molecule has 270 valence electrons. The standard InChI is InChI=1S/C46H64N2O2/c1-31(2)17-15-19-33(5)25-27-47-39-23-13-11-21-37(39)45(7,8)41(47)29-35-43(49)36(44(35)50)30-42-46(9,10)38-22-12-14-24-40(38)48(42)28-26-34(6)20-16-18-32(3)4/h11-14,21-24,29-34H,15-20,25-28H2,1-10H3/p+1. The summed E-state index contributed by atoms with van der Waals surface area (Å²) in [6.45, 7) is 24.7. The normalized spacial score (nSPS) is 20.7. The Hall–Kier alpha value is -3.40. The molecule has 0 bridgehead atoms. The lowest BCUT2D eigenvalue weighted by molar-refractivity contribution is -0.439. The van der Waals surface area contributed by atoms with Crippen molar-refractivity contribution in [3.63, 3.8) is 0 Å². The predicted octanol–water partition coefficient (Wildman–Crippen LogP) is 11.8. The highest BCUT2D eigenvalue weighted by Gasteiger charge is 2.47. The van der Waals surface area contributed by atoms with E-state index in [1.807, 2.05) is 12.2 Å². The fourth-order valence-corrected chi connectivity index (χ4v) is 8.40. The van der Waals surface area contributed by atoms with Gasteiger partial charge in [-0.05, 0) is 61.6 Å². The van der Waals surface area contributed by atoms with E-state index in [-0.39, 0.29) is 22.4 Å². The Morgan fingerprint density at radius 3 is 1.92 bits per heavy atom. The first-order chi connectivity index (χ1) is 23.6. The summed E-state index contributed by atoms with van der Waals surface area (Å²) in [6, 6.07) is 17.3. The molecule has 1 aliphatic carbocycles. The fourth-order valence-electron chi connectivity index (χ4n) is 8.40. The number of Topliss-reactive ketones (excluding diaryl/α,β-unsaturated/α-hetero) is 1. The third-order valence-corrected chi connectivity index (χ3v) is 11.8. The minimum absolute atomic E-state index is 0.0648. The van der Waals surface area contributed by atoms with E-state index in [9.17, 15) is 9.90 Å². The van der Waals surface area contributed by atoms with Gasteiger partial charge in [0, 0.05) is 47.5 Å². The summed E-state index contributed by atoms with van der Waals surface area (Å²) in [6.07, 6.45) is 13.7. The fraction of sp³-hybridized carbons (Fsp3) is 0.565. The molecule has 3 aliphatic rings. The van der Waals surface area contributed by atoms with Gasteiger partial charge in [0.15, 0.2) is 5.71 Å². The number of rotatable bonds is 16. The minimum atomic E-state index is -0.281. The third-order valence-electron chi connectivity index (χ3n) is 11.8. The van der Waals surface area contributed by atoms with Gasteiger partial charge >= 0.3 is 0 Å². The number of fused-ring (bicyclic) bond motifs is 2. The van der Waals surface area contributed by atoms with Crippen LogP contribution in [0.1, 0.15) is 132 Å². The van der Waals surface area contributed by atoms with Crippen molar-refractivity contribution in [2.24, 2.45) is 23.7 Å². The molecule has 0 fully saturated rings. The van der Waals surface area contributed by atoms with Crippen molar-refractivity contribution in [2.75, 3.05) is 18.0 Å². The number of anilines is 1. The number of allylic oxidation sites excluding steroid dienone is 5. The van der Waals surface area contributed by atoms with Gasteiger partial charge in [0.2, 0.25) is 11.5 Å². The number of carbonyl (C=O) groups is 1. The zero-order chi connectivity index (χ0) is 36.4. The summed E-state index contributed by atoms with van der Waals surface area (Å²) >= 11 is 0. The van der Waals surface area contributed by atoms with Gasteiger partial charge in [-0.25, -0.2) is 0 Å². The van der Waals surface area contributed by atoms with Crippen molar-refractivity contribution < 1.29 is 14.5 Å². The summed E-state index contributed by atoms with van der Waals surface area (Å²) in [5.41, 5.74) is 7.48. The van der Waals surface area contributed by atoms with E-state index in [0.29, 0.717) is 23.0 Å². The van der Waals surface area contributed by atoms with E-state index >= 15 is 0 Å². The lowest BCUT2D eigenvalue weighted by atomic mass is 9.77. The SMILES string of the molecule is CC(C)CCCC(C)CCN1/C(=C/C2=C(O)C(=C\C3=[N+](CCC(C)CCCC(C)C)c4ccccc4C3(C)C)/C2=O)C(C)(C)c2ccccc21. The van der Waals surface area contributed by atoms with E-state index in [1.165, 1.54) is 61.0 Å². The second-order valence-electron chi connectivity index (χ2n) is 17.6. The molecular weight excluding hydrogens is 613 g/mol. The van der Waals surface area contributed by atoms with Crippen LogP contribution in [0, 0.1) is 23.7 Å². The first kappa shape index (κ1) is 37.8. The van der Waals surface area contributed by atoms with Crippen LogP contribution in [-0.4, -0.2) is 34.3 Å². The molecule has 0 saturated carbocycles. The molecule has 2 aromatic carbocycles. The van der Waals surface area contributed by atoms with E-state index in [4.69, 9.17) is 0 Å². The maximum Gasteiger partial charge on any atom is 0.209 e. The number of para-hydroxylation sites is 2. The Labute approximate surface area is 304 Å². The molecule has 0 spiro atoms. The van der Waals surface area contributed by atoms with Crippen LogP contribution in [0.5, 0.6) is 0 Å². The number of benzene rings is 2. The molecule has 1 N–H and O–H groups in total. The number of aliphatic hydroxyl groups is 1. The lowest BCUT2D eigenvalue weighted by Crippen LogP contribution is -2.32. The molecule has 50 heavy (non-hydrogen) atoms. The van der Waals surface area contributed by atoms with Gasteiger partial charge in [0.05, 0.1) is 16.6 Å². The van der Waals surface area contributed by atoms with Gasteiger partial charge in [-0.3, -0.25) is 4.79 Å². The molecule has 4 nitrogen and oxygen atoms in total. The molecular formula is C46H65N2O2+. The van der Waals surface area contributed by atoms with E-state index in [1.54, 1.807) is 0 Å². The highest BCUT2D eigenvalue weighted by atomic mass is 16.3. The van der Waals surface area contributed by atoms with Crippen LogP contribution < -0.4 is 4.90 Å². The van der Waals surface area contributed by atoms with Crippen molar-refractivity contribution in [1.29, 1.82) is 0 Å². The Kier molecular flexibility index (Phi) is 11.7. The lowest BCUT2D eigenvalue weighted by Gasteiger charge is -2.30. The zero-order valence-corrected chi connectivity index (χ0v) is 32.9. The first-order valence-corrected chi connectivity index (χ1v) is 19.7. The molecule has 2 atom stereocenters. The molecule has 2 unspecified atom stereocenters. The number of hydrogen-bond acceptors (Lipinski definition) is 3. The monoisotopic (exact) mass is 678 g/mol. The molecule has 5 rings (SSSR count). The van der Waals surface area contributed by atoms with Crippen LogP contribution in [0.25, 0.3) is 0 Å². The highest BCUT2D eigenvalue weighted by molar-refractivity contribution is 6.24. The van der Waals surface area contributed by atoms with Crippen LogP contribution in [0.3, 0.4) is 0 Å². The second-order valence-corrected chi connectivity index (χ2v) is 17.6. The summed E-state index contributed by atoms with van der Waals surface area (Å²) < 4.78 is 2.42.